The Hall–Kier alpha value is -3.60. The molecule has 4 nitrogen and oxygen atoms in total. The van der Waals surface area contributed by atoms with Gasteiger partial charge in [-0.2, -0.15) is 0 Å². The summed E-state index contributed by atoms with van der Waals surface area (Å²) in [7, 11) is 0. The second-order valence-corrected chi connectivity index (χ2v) is 6.99. The third-order valence-corrected chi connectivity index (χ3v) is 4.72. The van der Waals surface area contributed by atoms with Crippen LogP contribution in [0.2, 0.25) is 0 Å². The number of aryl methyl sites for hydroxylation is 2. The fourth-order valence-electron chi connectivity index (χ4n) is 3.21. The van der Waals surface area contributed by atoms with Crippen molar-refractivity contribution < 1.29 is 4.39 Å². The molecule has 0 saturated carbocycles. The van der Waals surface area contributed by atoms with Crippen LogP contribution in [-0.2, 0) is 6.54 Å². The molecule has 4 aromatic rings. The third kappa shape index (κ3) is 4.29. The van der Waals surface area contributed by atoms with E-state index in [1.807, 2.05) is 62.5 Å². The Balaban J connectivity index is 1.50. The summed E-state index contributed by atoms with van der Waals surface area (Å²) in [4.78, 5) is 12.4. The Labute approximate surface area is 169 Å². The molecule has 0 radical (unpaired) electrons. The minimum Gasteiger partial charge on any atom is -0.363 e. The third-order valence-electron chi connectivity index (χ3n) is 4.72. The summed E-state index contributed by atoms with van der Waals surface area (Å²) in [5.74, 6) is -0.243. The van der Waals surface area contributed by atoms with Gasteiger partial charge in [-0.3, -0.25) is 4.98 Å². The van der Waals surface area contributed by atoms with Crippen LogP contribution >= 0.6 is 0 Å². The lowest BCUT2D eigenvalue weighted by molar-refractivity contribution is 0.621. The van der Waals surface area contributed by atoms with Crippen LogP contribution in [0.4, 0.5) is 10.2 Å². The van der Waals surface area contributed by atoms with E-state index in [0.717, 1.165) is 33.5 Å². The molecule has 1 N–H and O–H groups in total. The van der Waals surface area contributed by atoms with Crippen molar-refractivity contribution in [3.8, 4) is 22.4 Å². The number of nitrogens with zero attached hydrogens (tertiary/aromatic N) is 3. The van der Waals surface area contributed by atoms with Crippen LogP contribution < -0.4 is 5.32 Å². The lowest BCUT2D eigenvalue weighted by atomic mass is 10.0. The van der Waals surface area contributed by atoms with Crippen molar-refractivity contribution in [2.24, 2.45) is 0 Å². The first-order valence-electron chi connectivity index (χ1n) is 9.43. The van der Waals surface area contributed by atoms with Crippen molar-refractivity contribution >= 4 is 5.82 Å². The Kier molecular flexibility index (Phi) is 5.29. The fraction of sp³-hybridized carbons (Fsp3) is 0.125. The largest absolute Gasteiger partial charge is 0.363 e. The van der Waals surface area contributed by atoms with Crippen molar-refractivity contribution in [3.63, 3.8) is 0 Å². The minimum atomic E-state index is -0.443. The van der Waals surface area contributed by atoms with Crippen LogP contribution in [0.3, 0.4) is 0 Å². The second-order valence-electron chi connectivity index (χ2n) is 6.99. The van der Waals surface area contributed by atoms with Crippen LogP contribution in [0.25, 0.3) is 22.4 Å². The topological polar surface area (TPSA) is 50.7 Å². The molecule has 2 heterocycles. The molecule has 2 aromatic carbocycles. The number of halogens is 1. The summed E-state index contributed by atoms with van der Waals surface area (Å²) in [6.45, 7) is 4.42. The zero-order chi connectivity index (χ0) is 20.2. The van der Waals surface area contributed by atoms with E-state index >= 15 is 0 Å². The van der Waals surface area contributed by atoms with Gasteiger partial charge in [-0.1, -0.05) is 48.0 Å². The predicted molar refractivity (Wildman–Crippen MR) is 114 cm³/mol. The van der Waals surface area contributed by atoms with Crippen LogP contribution in [-0.4, -0.2) is 15.0 Å². The van der Waals surface area contributed by atoms with Crippen molar-refractivity contribution in [2.75, 3.05) is 5.32 Å². The van der Waals surface area contributed by atoms with Gasteiger partial charge in [-0.25, -0.2) is 14.4 Å². The molecule has 144 valence electrons. The van der Waals surface area contributed by atoms with Crippen LogP contribution in [0, 0.1) is 19.7 Å². The van der Waals surface area contributed by atoms with Crippen molar-refractivity contribution in [1.82, 2.24) is 15.0 Å². The molecule has 5 heteroatoms. The van der Waals surface area contributed by atoms with Gasteiger partial charge in [0.15, 0.2) is 11.6 Å². The number of nitrogens with one attached hydrogen (secondary N) is 1. The molecular formula is C24H21FN4. The maximum atomic E-state index is 14.9. The molecule has 0 amide bonds. The first-order chi connectivity index (χ1) is 14.1. The average molecular weight is 384 g/mol. The summed E-state index contributed by atoms with van der Waals surface area (Å²) < 4.78 is 14.9. The van der Waals surface area contributed by atoms with Gasteiger partial charge in [0.25, 0.3) is 0 Å². The molecule has 0 spiro atoms. The van der Waals surface area contributed by atoms with E-state index in [1.54, 1.807) is 0 Å². The molecule has 0 bridgehead atoms. The van der Waals surface area contributed by atoms with E-state index in [1.165, 1.54) is 6.33 Å². The van der Waals surface area contributed by atoms with Crippen LogP contribution in [0.1, 0.15) is 16.8 Å². The number of rotatable bonds is 5. The van der Waals surface area contributed by atoms with Gasteiger partial charge < -0.3 is 5.32 Å². The number of aromatic nitrogens is 3. The van der Waals surface area contributed by atoms with Gasteiger partial charge >= 0.3 is 0 Å². The smallest absolute Gasteiger partial charge is 0.191 e. The van der Waals surface area contributed by atoms with Crippen LogP contribution in [0.5, 0.6) is 0 Å². The van der Waals surface area contributed by atoms with Gasteiger partial charge in [0.2, 0.25) is 0 Å². The molecule has 0 fully saturated rings. The summed E-state index contributed by atoms with van der Waals surface area (Å²) in [6, 6.07) is 19.8. The molecule has 0 aliphatic rings. The highest BCUT2D eigenvalue weighted by Gasteiger charge is 2.13. The van der Waals surface area contributed by atoms with Gasteiger partial charge in [0.05, 0.1) is 0 Å². The lowest BCUT2D eigenvalue weighted by Crippen LogP contribution is -2.05. The van der Waals surface area contributed by atoms with E-state index in [4.69, 9.17) is 0 Å². The molecule has 29 heavy (non-hydrogen) atoms. The van der Waals surface area contributed by atoms with E-state index < -0.39 is 5.82 Å². The molecule has 0 atom stereocenters. The van der Waals surface area contributed by atoms with Crippen LogP contribution in [0.15, 0.2) is 73.2 Å². The number of hydrogen-bond donors (Lipinski definition) is 1. The lowest BCUT2D eigenvalue weighted by Gasteiger charge is -2.10. The normalized spacial score (nSPS) is 10.7. The van der Waals surface area contributed by atoms with Crippen molar-refractivity contribution in [2.45, 2.75) is 20.4 Å². The summed E-state index contributed by atoms with van der Waals surface area (Å²) >= 11 is 0. The quantitative estimate of drug-likeness (QED) is 0.488. The second kappa shape index (κ2) is 8.19. The Morgan fingerprint density at radius 3 is 2.41 bits per heavy atom. The number of benzene rings is 2. The standard InChI is InChI=1S/C24H21FN4/c1-16-4-3-5-21(12-16)23-22(25)24(29-15-28-23)27-14-18-6-8-19(9-7-18)20-10-11-26-17(2)13-20/h3-13,15H,14H2,1-2H3,(H,27,28,29). The zero-order valence-electron chi connectivity index (χ0n) is 16.4. The van der Waals surface area contributed by atoms with Crippen molar-refractivity contribution in [1.29, 1.82) is 0 Å². The zero-order valence-corrected chi connectivity index (χ0v) is 16.4. The maximum Gasteiger partial charge on any atom is 0.191 e. The Morgan fingerprint density at radius 2 is 1.66 bits per heavy atom. The monoisotopic (exact) mass is 384 g/mol. The molecule has 2 aromatic heterocycles. The molecule has 0 aliphatic carbocycles. The van der Waals surface area contributed by atoms with Crippen molar-refractivity contribution in [3.05, 3.63) is 95.8 Å². The highest BCUT2D eigenvalue weighted by Crippen LogP contribution is 2.25. The van der Waals surface area contributed by atoms with E-state index in [9.17, 15) is 4.39 Å². The predicted octanol–water partition coefficient (Wildman–Crippen LogP) is 5.57. The molecule has 4 rings (SSSR count). The maximum absolute atomic E-state index is 14.9. The molecule has 0 unspecified atom stereocenters. The summed E-state index contributed by atoms with van der Waals surface area (Å²) in [6.07, 6.45) is 3.20. The molecular weight excluding hydrogens is 363 g/mol. The number of pyridine rings is 1. The average Bonchev–Trinajstić information content (AvgIpc) is 2.73. The first kappa shape index (κ1) is 18.7. The summed E-state index contributed by atoms with van der Waals surface area (Å²) in [5.41, 5.74) is 6.36. The Morgan fingerprint density at radius 1 is 0.828 bits per heavy atom. The molecule has 0 aliphatic heterocycles. The Bertz CT molecular complexity index is 1140. The summed E-state index contributed by atoms with van der Waals surface area (Å²) in [5, 5.41) is 3.09. The SMILES string of the molecule is Cc1cccc(-c2ncnc(NCc3ccc(-c4ccnc(C)c4)cc3)c2F)c1. The van der Waals surface area contributed by atoms with Gasteiger partial charge in [-0.05, 0) is 48.7 Å². The van der Waals surface area contributed by atoms with Gasteiger partial charge in [0.1, 0.15) is 12.0 Å². The van der Waals surface area contributed by atoms with E-state index in [0.29, 0.717) is 12.2 Å². The molecule has 0 saturated heterocycles. The minimum absolute atomic E-state index is 0.199. The fourth-order valence-corrected chi connectivity index (χ4v) is 3.21. The first-order valence-corrected chi connectivity index (χ1v) is 9.43. The van der Waals surface area contributed by atoms with Gasteiger partial charge in [-0.15, -0.1) is 0 Å². The highest BCUT2D eigenvalue weighted by molar-refractivity contribution is 5.65. The van der Waals surface area contributed by atoms with E-state index in [-0.39, 0.29) is 5.82 Å². The number of hydrogen-bond acceptors (Lipinski definition) is 4. The van der Waals surface area contributed by atoms with Gasteiger partial charge in [0, 0.05) is 24.0 Å². The highest BCUT2D eigenvalue weighted by atomic mass is 19.1. The number of anilines is 1. The van der Waals surface area contributed by atoms with E-state index in [2.05, 4.69) is 38.5 Å².